The quantitative estimate of drug-likeness (QED) is 0.922. The maximum atomic E-state index is 12.5. The van der Waals surface area contributed by atoms with Gasteiger partial charge >= 0.3 is 5.97 Å². The second-order valence-corrected chi connectivity index (χ2v) is 5.65. The lowest BCUT2D eigenvalue weighted by Gasteiger charge is -2.16. The van der Waals surface area contributed by atoms with Gasteiger partial charge in [-0.05, 0) is 39.7 Å². The fourth-order valence-electron chi connectivity index (χ4n) is 2.64. The van der Waals surface area contributed by atoms with E-state index >= 15 is 0 Å². The van der Waals surface area contributed by atoms with Crippen LogP contribution in [0.25, 0.3) is 0 Å². The standard InChI is InChI=1S/C15H12BrNO4/c16-13-6-5-12(21-13)15(20)17-8-9(7-14(18)19)10-3-1-2-4-11(10)17/h1-6,9H,7-8H2,(H,18,19). The summed E-state index contributed by atoms with van der Waals surface area (Å²) in [5.74, 6) is -1.10. The van der Waals surface area contributed by atoms with Gasteiger partial charge in [0.05, 0.1) is 6.42 Å². The van der Waals surface area contributed by atoms with Crippen molar-refractivity contribution >= 4 is 33.5 Å². The first kappa shape index (κ1) is 13.9. The van der Waals surface area contributed by atoms with Gasteiger partial charge in [-0.25, -0.2) is 0 Å². The Morgan fingerprint density at radius 2 is 2.05 bits per heavy atom. The van der Waals surface area contributed by atoms with Crippen LogP contribution in [-0.2, 0) is 4.79 Å². The Balaban J connectivity index is 1.94. The van der Waals surface area contributed by atoms with E-state index in [9.17, 15) is 9.59 Å². The monoisotopic (exact) mass is 349 g/mol. The van der Waals surface area contributed by atoms with Gasteiger partial charge in [0.2, 0.25) is 0 Å². The molecule has 5 nitrogen and oxygen atoms in total. The number of aliphatic carboxylic acids is 1. The van der Waals surface area contributed by atoms with Gasteiger partial charge in [-0.3, -0.25) is 9.59 Å². The van der Waals surface area contributed by atoms with Crippen LogP contribution in [0.4, 0.5) is 5.69 Å². The number of carbonyl (C=O) groups is 2. The second-order valence-electron chi connectivity index (χ2n) is 4.87. The molecule has 2 heterocycles. The molecule has 3 rings (SSSR count). The Hall–Kier alpha value is -2.08. The van der Waals surface area contributed by atoms with Gasteiger partial charge in [-0.2, -0.15) is 0 Å². The van der Waals surface area contributed by atoms with E-state index in [0.29, 0.717) is 11.2 Å². The molecule has 108 valence electrons. The molecular weight excluding hydrogens is 338 g/mol. The number of carboxylic acids is 1. The van der Waals surface area contributed by atoms with Gasteiger partial charge in [0, 0.05) is 18.2 Å². The fraction of sp³-hybridized carbons (Fsp3) is 0.200. The molecule has 1 aliphatic heterocycles. The zero-order valence-corrected chi connectivity index (χ0v) is 12.5. The van der Waals surface area contributed by atoms with Crippen molar-refractivity contribution in [3.05, 3.63) is 52.4 Å². The normalized spacial score (nSPS) is 16.8. The van der Waals surface area contributed by atoms with Crippen molar-refractivity contribution in [1.29, 1.82) is 0 Å². The van der Waals surface area contributed by atoms with Crippen molar-refractivity contribution in [3.8, 4) is 0 Å². The average Bonchev–Trinajstić information content (AvgIpc) is 3.03. The van der Waals surface area contributed by atoms with Crippen LogP contribution in [0.2, 0.25) is 0 Å². The summed E-state index contributed by atoms with van der Waals surface area (Å²) in [4.78, 5) is 25.1. The molecule has 0 saturated heterocycles. The van der Waals surface area contributed by atoms with Crippen LogP contribution in [0.5, 0.6) is 0 Å². The van der Waals surface area contributed by atoms with E-state index in [-0.39, 0.29) is 24.0 Å². The molecule has 2 aromatic rings. The molecule has 0 saturated carbocycles. The molecule has 1 amide bonds. The van der Waals surface area contributed by atoms with Crippen molar-refractivity contribution < 1.29 is 19.1 Å². The molecule has 0 bridgehead atoms. The van der Waals surface area contributed by atoms with E-state index < -0.39 is 5.97 Å². The molecule has 0 aliphatic carbocycles. The van der Waals surface area contributed by atoms with E-state index in [1.807, 2.05) is 24.3 Å². The summed E-state index contributed by atoms with van der Waals surface area (Å²) in [7, 11) is 0. The first-order valence-electron chi connectivity index (χ1n) is 6.44. The van der Waals surface area contributed by atoms with Crippen molar-refractivity contribution in [3.63, 3.8) is 0 Å². The molecular formula is C15H12BrNO4. The molecule has 21 heavy (non-hydrogen) atoms. The Labute approximate surface area is 129 Å². The lowest BCUT2D eigenvalue weighted by atomic mass is 9.98. The van der Waals surface area contributed by atoms with Crippen molar-refractivity contribution in [1.82, 2.24) is 0 Å². The zero-order valence-electron chi connectivity index (χ0n) is 11.0. The van der Waals surface area contributed by atoms with Crippen LogP contribution in [-0.4, -0.2) is 23.5 Å². The highest BCUT2D eigenvalue weighted by Crippen LogP contribution is 2.38. The summed E-state index contributed by atoms with van der Waals surface area (Å²) in [5, 5.41) is 9.02. The SMILES string of the molecule is O=C(O)CC1CN(C(=O)c2ccc(Br)o2)c2ccccc21. The lowest BCUT2D eigenvalue weighted by molar-refractivity contribution is -0.137. The van der Waals surface area contributed by atoms with Gasteiger partial charge in [0.1, 0.15) is 0 Å². The molecule has 0 spiro atoms. The van der Waals surface area contributed by atoms with E-state index in [1.165, 1.54) is 0 Å². The minimum Gasteiger partial charge on any atom is -0.481 e. The summed E-state index contributed by atoms with van der Waals surface area (Å²) in [6.07, 6.45) is 0.00262. The number of benzene rings is 1. The predicted octanol–water partition coefficient (Wildman–Crippen LogP) is 3.26. The third kappa shape index (κ3) is 2.58. The van der Waals surface area contributed by atoms with Crippen LogP contribution in [0.3, 0.4) is 0 Å². The topological polar surface area (TPSA) is 70.8 Å². The highest BCUT2D eigenvalue weighted by atomic mass is 79.9. The molecule has 1 N–H and O–H groups in total. The minimum absolute atomic E-state index is 0.00262. The number of nitrogens with zero attached hydrogens (tertiary/aromatic N) is 1. The number of amides is 1. The summed E-state index contributed by atoms with van der Waals surface area (Å²) >= 11 is 3.17. The van der Waals surface area contributed by atoms with Crippen LogP contribution in [0.1, 0.15) is 28.5 Å². The Kier molecular flexibility index (Phi) is 3.55. The van der Waals surface area contributed by atoms with Gasteiger partial charge in [-0.1, -0.05) is 18.2 Å². The van der Waals surface area contributed by atoms with Crippen LogP contribution < -0.4 is 4.90 Å². The summed E-state index contributed by atoms with van der Waals surface area (Å²) < 4.78 is 5.78. The maximum absolute atomic E-state index is 12.5. The molecule has 1 aliphatic rings. The Morgan fingerprint density at radius 3 is 2.71 bits per heavy atom. The third-order valence-corrected chi connectivity index (χ3v) is 3.95. The third-order valence-electron chi connectivity index (χ3n) is 3.52. The van der Waals surface area contributed by atoms with Gasteiger partial charge in [0.15, 0.2) is 10.4 Å². The second kappa shape index (κ2) is 5.37. The zero-order chi connectivity index (χ0) is 15.0. The number of para-hydroxylation sites is 1. The highest BCUT2D eigenvalue weighted by Gasteiger charge is 2.34. The van der Waals surface area contributed by atoms with E-state index in [4.69, 9.17) is 9.52 Å². The van der Waals surface area contributed by atoms with Gasteiger partial charge in [0.25, 0.3) is 5.91 Å². The Morgan fingerprint density at radius 1 is 1.29 bits per heavy atom. The molecule has 1 aromatic heterocycles. The minimum atomic E-state index is -0.871. The van der Waals surface area contributed by atoms with Crippen molar-refractivity contribution in [2.75, 3.05) is 11.4 Å². The number of carbonyl (C=O) groups excluding carboxylic acids is 1. The fourth-order valence-corrected chi connectivity index (χ4v) is 2.94. The molecule has 1 atom stereocenters. The van der Waals surface area contributed by atoms with Crippen molar-refractivity contribution in [2.45, 2.75) is 12.3 Å². The molecule has 1 aromatic carbocycles. The summed E-state index contributed by atoms with van der Waals surface area (Å²) in [6.45, 7) is 0.350. The van der Waals surface area contributed by atoms with Crippen LogP contribution >= 0.6 is 15.9 Å². The van der Waals surface area contributed by atoms with Crippen LogP contribution in [0.15, 0.2) is 45.5 Å². The molecule has 6 heteroatoms. The number of carboxylic acid groups (broad SMARTS) is 1. The van der Waals surface area contributed by atoms with Crippen LogP contribution in [0, 0.1) is 0 Å². The summed E-state index contributed by atoms with van der Waals surface area (Å²) in [5.41, 5.74) is 1.64. The summed E-state index contributed by atoms with van der Waals surface area (Å²) in [6, 6.07) is 10.6. The first-order chi connectivity index (χ1) is 10.1. The van der Waals surface area contributed by atoms with E-state index in [0.717, 1.165) is 11.3 Å². The number of hydrogen-bond donors (Lipinski definition) is 1. The molecule has 1 unspecified atom stereocenters. The lowest BCUT2D eigenvalue weighted by Crippen LogP contribution is -2.29. The predicted molar refractivity (Wildman–Crippen MR) is 79.5 cm³/mol. The first-order valence-corrected chi connectivity index (χ1v) is 7.23. The number of hydrogen-bond acceptors (Lipinski definition) is 3. The van der Waals surface area contributed by atoms with Gasteiger partial charge in [-0.15, -0.1) is 0 Å². The Bertz CT molecular complexity index is 709. The van der Waals surface area contributed by atoms with E-state index in [2.05, 4.69) is 15.9 Å². The smallest absolute Gasteiger partial charge is 0.304 e. The van der Waals surface area contributed by atoms with Gasteiger partial charge < -0.3 is 14.4 Å². The van der Waals surface area contributed by atoms with E-state index in [1.54, 1.807) is 17.0 Å². The maximum Gasteiger partial charge on any atom is 0.304 e. The van der Waals surface area contributed by atoms with Crippen molar-refractivity contribution in [2.24, 2.45) is 0 Å². The molecule has 0 radical (unpaired) electrons. The average molecular weight is 350 g/mol. The molecule has 0 fully saturated rings. The number of rotatable bonds is 3. The number of furan rings is 1. The number of anilines is 1. The number of halogens is 1. The largest absolute Gasteiger partial charge is 0.481 e. The highest BCUT2D eigenvalue weighted by molar-refractivity contribution is 9.10. The number of fused-ring (bicyclic) bond motifs is 1.